The minimum atomic E-state index is -0.216. The smallest absolute Gasteiger partial charge is 0.249 e. The van der Waals surface area contributed by atoms with Crippen LogP contribution in [0, 0.1) is 0 Å². The Hall–Kier alpha value is -3.42. The quantitative estimate of drug-likeness (QED) is 0.736. The first-order valence-corrected chi connectivity index (χ1v) is 9.65. The monoisotopic (exact) mass is 391 g/mol. The average molecular weight is 391 g/mol. The fourth-order valence-corrected chi connectivity index (χ4v) is 3.86. The maximum absolute atomic E-state index is 12.6. The molecule has 0 aliphatic carbocycles. The summed E-state index contributed by atoms with van der Waals surface area (Å²) < 4.78 is 1.78. The summed E-state index contributed by atoms with van der Waals surface area (Å²) in [5, 5.41) is 7.49. The van der Waals surface area contributed by atoms with Crippen molar-refractivity contribution in [3.63, 3.8) is 0 Å². The molecule has 0 fully saturated rings. The third-order valence-electron chi connectivity index (χ3n) is 5.27. The molecule has 1 atom stereocenters. The Bertz CT molecular complexity index is 1060. The summed E-state index contributed by atoms with van der Waals surface area (Å²) in [6.07, 6.45) is 3.47. The summed E-state index contributed by atoms with van der Waals surface area (Å²) in [5.41, 5.74) is 4.50. The van der Waals surface area contributed by atoms with Crippen LogP contribution in [0.25, 0.3) is 11.4 Å². The summed E-state index contributed by atoms with van der Waals surface area (Å²) in [6.45, 7) is 6.14. The number of nitrogens with one attached hydrogen (secondary N) is 1. The number of aromatic nitrogens is 4. The molecule has 8 heteroatoms. The van der Waals surface area contributed by atoms with E-state index in [1.807, 2.05) is 45.3 Å². The molecule has 0 radical (unpaired) electrons. The Balaban J connectivity index is 1.68. The molecule has 1 unspecified atom stereocenters. The molecule has 0 spiro atoms. The van der Waals surface area contributed by atoms with Crippen LogP contribution in [0.1, 0.15) is 20.8 Å². The van der Waals surface area contributed by atoms with E-state index in [0.717, 1.165) is 28.5 Å². The molecule has 1 amide bonds. The summed E-state index contributed by atoms with van der Waals surface area (Å²) in [6, 6.07) is 9.71. The zero-order chi connectivity index (χ0) is 20.7. The van der Waals surface area contributed by atoms with Gasteiger partial charge in [0, 0.05) is 38.2 Å². The first-order chi connectivity index (χ1) is 13.9. The Morgan fingerprint density at radius 3 is 2.55 bits per heavy atom. The number of hydrogen-bond acceptors (Lipinski definition) is 6. The first kappa shape index (κ1) is 18.9. The van der Waals surface area contributed by atoms with E-state index < -0.39 is 0 Å². The van der Waals surface area contributed by atoms with Crippen LogP contribution in [0.15, 0.2) is 42.7 Å². The summed E-state index contributed by atoms with van der Waals surface area (Å²) >= 11 is 0. The summed E-state index contributed by atoms with van der Waals surface area (Å²) in [7, 11) is 3.70. The number of rotatable bonds is 4. The van der Waals surface area contributed by atoms with E-state index >= 15 is 0 Å². The number of nitrogens with zero attached hydrogens (tertiary/aromatic N) is 6. The molecular formula is C21H25N7O. The molecule has 1 aliphatic heterocycles. The van der Waals surface area contributed by atoms with Gasteiger partial charge >= 0.3 is 0 Å². The molecule has 0 bridgehead atoms. The van der Waals surface area contributed by atoms with Crippen molar-refractivity contribution in [3.05, 3.63) is 42.7 Å². The lowest BCUT2D eigenvalue weighted by atomic mass is 10.0. The number of benzene rings is 1. The molecule has 1 N–H and O–H groups in total. The predicted octanol–water partition coefficient (Wildman–Crippen LogP) is 3.20. The van der Waals surface area contributed by atoms with E-state index in [4.69, 9.17) is 0 Å². The zero-order valence-electron chi connectivity index (χ0n) is 17.3. The number of amides is 1. The minimum Gasteiger partial charge on any atom is -0.356 e. The number of anilines is 4. The Morgan fingerprint density at radius 2 is 1.86 bits per heavy atom. The number of hydrogen-bond donors (Lipinski definition) is 1. The molecule has 2 aromatic heterocycles. The van der Waals surface area contributed by atoms with Crippen LogP contribution in [0.5, 0.6) is 0 Å². The second kappa shape index (κ2) is 7.20. The SMILES string of the molecule is CC(C)N1c2cc(Nc3nccc(-c4ccnn4C)n3)ccc2N(C)C(=O)C1C. The van der Waals surface area contributed by atoms with E-state index in [1.54, 1.807) is 22.0 Å². The van der Waals surface area contributed by atoms with Crippen molar-refractivity contribution in [2.45, 2.75) is 32.9 Å². The van der Waals surface area contributed by atoms with Crippen molar-refractivity contribution >= 4 is 28.9 Å². The standard InChI is InChI=1S/C21H25N7O/c1-13(2)28-14(3)20(29)26(4)18-7-6-15(12-19(18)28)24-21-22-10-8-16(25-21)17-9-11-23-27(17)5/h6-14H,1-5H3,(H,22,24,25). The van der Waals surface area contributed by atoms with Crippen molar-refractivity contribution in [1.29, 1.82) is 0 Å². The molecule has 0 saturated carbocycles. The first-order valence-electron chi connectivity index (χ1n) is 9.65. The molecule has 1 aromatic carbocycles. The fraction of sp³-hybridized carbons (Fsp3) is 0.333. The average Bonchev–Trinajstić information content (AvgIpc) is 3.12. The van der Waals surface area contributed by atoms with Gasteiger partial charge in [-0.1, -0.05) is 0 Å². The molecule has 3 heterocycles. The lowest BCUT2D eigenvalue weighted by molar-refractivity contribution is -0.119. The van der Waals surface area contributed by atoms with Crippen LogP contribution in [-0.2, 0) is 11.8 Å². The Labute approximate surface area is 170 Å². The summed E-state index contributed by atoms with van der Waals surface area (Å²) in [5.74, 6) is 0.604. The van der Waals surface area contributed by atoms with Gasteiger partial charge in [-0.05, 0) is 51.1 Å². The number of likely N-dealkylation sites (N-methyl/N-ethyl adjacent to an activating group) is 1. The lowest BCUT2D eigenvalue weighted by Crippen LogP contribution is -2.53. The molecule has 8 nitrogen and oxygen atoms in total. The van der Waals surface area contributed by atoms with Gasteiger partial charge in [0.25, 0.3) is 0 Å². The van der Waals surface area contributed by atoms with Crippen molar-refractivity contribution in [1.82, 2.24) is 19.7 Å². The molecular weight excluding hydrogens is 366 g/mol. The highest BCUT2D eigenvalue weighted by Gasteiger charge is 2.34. The Morgan fingerprint density at radius 1 is 1.07 bits per heavy atom. The third kappa shape index (κ3) is 3.30. The van der Waals surface area contributed by atoms with Gasteiger partial charge in [0.2, 0.25) is 11.9 Å². The third-order valence-corrected chi connectivity index (χ3v) is 5.27. The van der Waals surface area contributed by atoms with Crippen molar-refractivity contribution < 1.29 is 4.79 Å². The number of carbonyl (C=O) groups is 1. The maximum Gasteiger partial charge on any atom is 0.249 e. The van der Waals surface area contributed by atoms with Crippen molar-refractivity contribution in [3.8, 4) is 11.4 Å². The van der Waals surface area contributed by atoms with Gasteiger partial charge in [-0.25, -0.2) is 9.97 Å². The maximum atomic E-state index is 12.6. The van der Waals surface area contributed by atoms with Crippen LogP contribution in [0.2, 0.25) is 0 Å². The van der Waals surface area contributed by atoms with Gasteiger partial charge in [0.15, 0.2) is 0 Å². The van der Waals surface area contributed by atoms with Gasteiger partial charge in [-0.15, -0.1) is 0 Å². The fourth-order valence-electron chi connectivity index (χ4n) is 3.86. The van der Waals surface area contributed by atoms with Crippen LogP contribution < -0.4 is 15.1 Å². The number of fused-ring (bicyclic) bond motifs is 1. The van der Waals surface area contributed by atoms with Crippen LogP contribution in [-0.4, -0.2) is 44.8 Å². The molecule has 1 aliphatic rings. The second-order valence-electron chi connectivity index (χ2n) is 7.51. The molecule has 29 heavy (non-hydrogen) atoms. The highest BCUT2D eigenvalue weighted by molar-refractivity contribution is 6.05. The van der Waals surface area contributed by atoms with E-state index in [0.29, 0.717) is 5.95 Å². The number of aryl methyl sites for hydroxylation is 1. The normalized spacial score (nSPS) is 16.3. The summed E-state index contributed by atoms with van der Waals surface area (Å²) in [4.78, 5) is 25.4. The van der Waals surface area contributed by atoms with Crippen molar-refractivity contribution in [2.24, 2.45) is 7.05 Å². The Kier molecular flexibility index (Phi) is 4.70. The molecule has 150 valence electrons. The van der Waals surface area contributed by atoms with Crippen LogP contribution in [0.3, 0.4) is 0 Å². The highest BCUT2D eigenvalue weighted by Crippen LogP contribution is 2.39. The van der Waals surface area contributed by atoms with Gasteiger partial charge in [-0.2, -0.15) is 5.10 Å². The van der Waals surface area contributed by atoms with E-state index in [-0.39, 0.29) is 18.0 Å². The van der Waals surface area contributed by atoms with Crippen molar-refractivity contribution in [2.75, 3.05) is 22.2 Å². The van der Waals surface area contributed by atoms with E-state index in [2.05, 4.69) is 45.2 Å². The topological polar surface area (TPSA) is 79.2 Å². The van der Waals surface area contributed by atoms with Crippen LogP contribution in [0.4, 0.5) is 23.0 Å². The largest absolute Gasteiger partial charge is 0.356 e. The molecule has 0 saturated heterocycles. The van der Waals surface area contributed by atoms with Gasteiger partial charge < -0.3 is 15.1 Å². The van der Waals surface area contributed by atoms with E-state index in [1.165, 1.54) is 0 Å². The predicted molar refractivity (Wildman–Crippen MR) is 114 cm³/mol. The zero-order valence-corrected chi connectivity index (χ0v) is 17.3. The van der Waals surface area contributed by atoms with Gasteiger partial charge in [0.05, 0.1) is 22.8 Å². The van der Waals surface area contributed by atoms with E-state index in [9.17, 15) is 4.79 Å². The lowest BCUT2D eigenvalue weighted by Gasteiger charge is -2.42. The number of carbonyl (C=O) groups excluding carboxylic acids is 1. The molecule has 4 rings (SSSR count). The van der Waals surface area contributed by atoms with Gasteiger partial charge in [0.1, 0.15) is 6.04 Å². The minimum absolute atomic E-state index is 0.0964. The van der Waals surface area contributed by atoms with Crippen LogP contribution >= 0.6 is 0 Å². The highest BCUT2D eigenvalue weighted by atomic mass is 16.2. The second-order valence-corrected chi connectivity index (χ2v) is 7.51. The van der Waals surface area contributed by atoms with Gasteiger partial charge in [-0.3, -0.25) is 9.48 Å². The molecule has 3 aromatic rings.